The summed E-state index contributed by atoms with van der Waals surface area (Å²) in [5.74, 6) is -1.13. The molecule has 0 unspecified atom stereocenters. The molecule has 0 saturated carbocycles. The molecule has 1 N–H and O–H groups in total. The number of aryl methyl sites for hydroxylation is 1. The van der Waals surface area contributed by atoms with E-state index in [0.717, 1.165) is 11.3 Å². The molecule has 0 aliphatic carbocycles. The van der Waals surface area contributed by atoms with Crippen LogP contribution in [0, 0.1) is 12.8 Å². The molecule has 26 heavy (non-hydrogen) atoms. The molecule has 7 nitrogen and oxygen atoms in total. The molecule has 0 radical (unpaired) electrons. The van der Waals surface area contributed by atoms with E-state index in [0.29, 0.717) is 17.4 Å². The molecule has 3 rings (SSSR count). The lowest BCUT2D eigenvalue weighted by Gasteiger charge is -2.16. The highest BCUT2D eigenvalue weighted by Gasteiger charge is 2.35. The van der Waals surface area contributed by atoms with Gasteiger partial charge < -0.3 is 15.0 Å². The zero-order valence-electron chi connectivity index (χ0n) is 14.5. The van der Waals surface area contributed by atoms with Gasteiger partial charge in [0.2, 0.25) is 11.8 Å². The second-order valence-electron chi connectivity index (χ2n) is 6.13. The Balaban J connectivity index is 1.61. The van der Waals surface area contributed by atoms with Crippen molar-refractivity contribution in [2.45, 2.75) is 19.8 Å². The quantitative estimate of drug-likeness (QED) is 0.812. The minimum atomic E-state index is -0.434. The SMILES string of the molecule is COC(=O)Cc1csc(NC(=O)[C@@H]2CC(=O)N(c3ccc(C)cc3)C2)n1. The van der Waals surface area contributed by atoms with E-state index in [9.17, 15) is 14.4 Å². The van der Waals surface area contributed by atoms with Gasteiger partial charge in [0.05, 0.1) is 25.1 Å². The molecule has 1 saturated heterocycles. The monoisotopic (exact) mass is 373 g/mol. The fraction of sp³-hybridized carbons (Fsp3) is 0.333. The lowest BCUT2D eigenvalue weighted by Crippen LogP contribution is -2.28. The third-order valence-electron chi connectivity index (χ3n) is 4.18. The van der Waals surface area contributed by atoms with Crippen LogP contribution in [0.5, 0.6) is 0 Å². The average molecular weight is 373 g/mol. The fourth-order valence-electron chi connectivity index (χ4n) is 2.73. The summed E-state index contributed by atoms with van der Waals surface area (Å²) in [6.45, 7) is 2.32. The predicted octanol–water partition coefficient (Wildman–Crippen LogP) is 2.16. The van der Waals surface area contributed by atoms with Gasteiger partial charge in [0.25, 0.3) is 0 Å². The van der Waals surface area contributed by atoms with Crippen molar-refractivity contribution in [2.24, 2.45) is 5.92 Å². The Morgan fingerprint density at radius 1 is 1.35 bits per heavy atom. The molecule has 0 spiro atoms. The molecule has 1 aliphatic heterocycles. The molecule has 1 atom stereocenters. The number of hydrogen-bond donors (Lipinski definition) is 1. The van der Waals surface area contributed by atoms with E-state index < -0.39 is 5.92 Å². The van der Waals surface area contributed by atoms with Crippen molar-refractivity contribution in [3.8, 4) is 0 Å². The Morgan fingerprint density at radius 2 is 2.08 bits per heavy atom. The molecular weight excluding hydrogens is 354 g/mol. The number of aromatic nitrogens is 1. The number of benzene rings is 1. The first kappa shape index (κ1) is 18.1. The van der Waals surface area contributed by atoms with Crippen LogP contribution in [0.25, 0.3) is 0 Å². The summed E-state index contributed by atoms with van der Waals surface area (Å²) in [5.41, 5.74) is 2.45. The van der Waals surface area contributed by atoms with Crippen molar-refractivity contribution in [3.63, 3.8) is 0 Å². The van der Waals surface area contributed by atoms with E-state index in [4.69, 9.17) is 0 Å². The Hall–Kier alpha value is -2.74. The number of methoxy groups -OCH3 is 1. The summed E-state index contributed by atoms with van der Waals surface area (Å²) in [5, 5.41) is 4.85. The van der Waals surface area contributed by atoms with Crippen molar-refractivity contribution < 1.29 is 19.1 Å². The number of hydrogen-bond acceptors (Lipinski definition) is 6. The highest BCUT2D eigenvalue weighted by molar-refractivity contribution is 7.13. The number of carbonyl (C=O) groups excluding carboxylic acids is 3. The number of anilines is 2. The van der Waals surface area contributed by atoms with Crippen LogP contribution in [-0.2, 0) is 25.5 Å². The molecule has 8 heteroatoms. The van der Waals surface area contributed by atoms with Gasteiger partial charge in [-0.15, -0.1) is 11.3 Å². The molecule has 1 aromatic carbocycles. The van der Waals surface area contributed by atoms with Gasteiger partial charge in [0.1, 0.15) is 0 Å². The number of amides is 2. The summed E-state index contributed by atoms with van der Waals surface area (Å²) in [7, 11) is 1.31. The van der Waals surface area contributed by atoms with Crippen molar-refractivity contribution in [3.05, 3.63) is 40.9 Å². The number of nitrogens with one attached hydrogen (secondary N) is 1. The van der Waals surface area contributed by atoms with Crippen molar-refractivity contribution in [2.75, 3.05) is 23.9 Å². The number of esters is 1. The molecule has 1 aromatic heterocycles. The Labute approximate surface area is 155 Å². The zero-order valence-corrected chi connectivity index (χ0v) is 15.3. The van der Waals surface area contributed by atoms with E-state index in [1.807, 2.05) is 31.2 Å². The second-order valence-corrected chi connectivity index (χ2v) is 6.99. The average Bonchev–Trinajstić information content (AvgIpc) is 3.22. The predicted molar refractivity (Wildman–Crippen MR) is 98.1 cm³/mol. The van der Waals surface area contributed by atoms with Gasteiger partial charge >= 0.3 is 5.97 Å². The maximum absolute atomic E-state index is 12.5. The van der Waals surface area contributed by atoms with Gasteiger partial charge in [-0.2, -0.15) is 0 Å². The van der Waals surface area contributed by atoms with Gasteiger partial charge in [-0.05, 0) is 19.1 Å². The number of thiazole rings is 1. The molecule has 2 heterocycles. The van der Waals surface area contributed by atoms with Crippen molar-refractivity contribution in [1.29, 1.82) is 0 Å². The number of nitrogens with zero attached hydrogens (tertiary/aromatic N) is 2. The maximum atomic E-state index is 12.5. The van der Waals surface area contributed by atoms with Crippen LogP contribution in [-0.4, -0.2) is 36.4 Å². The molecule has 136 valence electrons. The smallest absolute Gasteiger partial charge is 0.311 e. The lowest BCUT2D eigenvalue weighted by atomic mass is 10.1. The number of carbonyl (C=O) groups is 3. The van der Waals surface area contributed by atoms with Gasteiger partial charge in [0.15, 0.2) is 5.13 Å². The van der Waals surface area contributed by atoms with Gasteiger partial charge in [-0.3, -0.25) is 14.4 Å². The molecular formula is C18H19N3O4S. The second kappa shape index (κ2) is 7.65. The summed E-state index contributed by atoms with van der Waals surface area (Å²) in [4.78, 5) is 41.8. The van der Waals surface area contributed by atoms with Crippen LogP contribution in [0.15, 0.2) is 29.6 Å². The van der Waals surface area contributed by atoms with E-state index in [1.165, 1.54) is 18.4 Å². The molecule has 1 aliphatic rings. The first-order chi connectivity index (χ1) is 12.5. The normalized spacial score (nSPS) is 16.6. The molecule has 2 aromatic rings. The third kappa shape index (κ3) is 4.08. The van der Waals surface area contributed by atoms with Gasteiger partial charge in [-0.25, -0.2) is 4.98 Å². The van der Waals surface area contributed by atoms with E-state index in [2.05, 4.69) is 15.0 Å². The van der Waals surface area contributed by atoms with Gasteiger partial charge in [-0.1, -0.05) is 17.7 Å². The molecule has 2 amide bonds. The molecule has 1 fully saturated rings. The first-order valence-corrected chi connectivity index (χ1v) is 9.03. The third-order valence-corrected chi connectivity index (χ3v) is 4.98. The van der Waals surface area contributed by atoms with Crippen LogP contribution >= 0.6 is 11.3 Å². The number of rotatable bonds is 5. The lowest BCUT2D eigenvalue weighted by molar-refractivity contribution is -0.139. The standard InChI is InChI=1S/C18H19N3O4S/c1-11-3-5-14(6-4-11)21-9-12(7-15(21)22)17(24)20-18-19-13(10-26-18)8-16(23)25-2/h3-6,10,12H,7-9H2,1-2H3,(H,19,20,24)/t12-/m1/s1. The van der Waals surface area contributed by atoms with E-state index in [1.54, 1.807) is 10.3 Å². The Kier molecular flexibility index (Phi) is 5.32. The van der Waals surface area contributed by atoms with Crippen LogP contribution in [0.3, 0.4) is 0 Å². The van der Waals surface area contributed by atoms with Gasteiger partial charge in [0, 0.05) is 24.0 Å². The minimum absolute atomic E-state index is 0.0615. The van der Waals surface area contributed by atoms with Crippen LogP contribution in [0.1, 0.15) is 17.7 Å². The summed E-state index contributed by atoms with van der Waals surface area (Å²) < 4.78 is 4.59. The minimum Gasteiger partial charge on any atom is -0.469 e. The highest BCUT2D eigenvalue weighted by Crippen LogP contribution is 2.27. The fourth-order valence-corrected chi connectivity index (χ4v) is 3.44. The molecule has 0 bridgehead atoms. The summed E-state index contributed by atoms with van der Waals surface area (Å²) in [6, 6.07) is 7.64. The zero-order chi connectivity index (χ0) is 18.7. The Morgan fingerprint density at radius 3 is 2.77 bits per heavy atom. The van der Waals surface area contributed by atoms with E-state index >= 15 is 0 Å². The number of ether oxygens (including phenoxy) is 1. The van der Waals surface area contributed by atoms with E-state index in [-0.39, 0.29) is 30.6 Å². The highest BCUT2D eigenvalue weighted by atomic mass is 32.1. The summed E-state index contributed by atoms with van der Waals surface area (Å²) in [6.07, 6.45) is 0.228. The first-order valence-electron chi connectivity index (χ1n) is 8.15. The van der Waals surface area contributed by atoms with Crippen LogP contribution < -0.4 is 10.2 Å². The van der Waals surface area contributed by atoms with Crippen LogP contribution in [0.4, 0.5) is 10.8 Å². The largest absolute Gasteiger partial charge is 0.469 e. The van der Waals surface area contributed by atoms with Crippen LogP contribution in [0.2, 0.25) is 0 Å². The maximum Gasteiger partial charge on any atom is 0.311 e. The van der Waals surface area contributed by atoms with Crippen molar-refractivity contribution in [1.82, 2.24) is 4.98 Å². The summed E-state index contributed by atoms with van der Waals surface area (Å²) >= 11 is 1.24. The van der Waals surface area contributed by atoms with Crippen molar-refractivity contribution >= 4 is 39.9 Å². The topological polar surface area (TPSA) is 88.6 Å². The Bertz CT molecular complexity index is 831.